The zero-order valence-corrected chi connectivity index (χ0v) is 15.9. The average molecular weight is 388 g/mol. The standard InChI is InChI=1S/C20H19Cl2N3O/c1-24-18(12-17(21)19(24)22)20(26)25(14-16-8-5-10-23-13-16)11-9-15-6-3-2-4-7-15/h2-8,10,12-13H,9,11,14H2,1H3. The Morgan fingerprint density at radius 1 is 1.12 bits per heavy atom. The number of carbonyl (C=O) groups is 1. The summed E-state index contributed by atoms with van der Waals surface area (Å²) in [6.07, 6.45) is 4.25. The SMILES string of the molecule is Cn1c(C(=O)N(CCc2ccccc2)Cc2cccnc2)cc(Cl)c1Cl. The second-order valence-electron chi connectivity index (χ2n) is 6.05. The second kappa shape index (κ2) is 8.39. The first-order valence-corrected chi connectivity index (χ1v) is 9.04. The van der Waals surface area contributed by atoms with Gasteiger partial charge in [-0.05, 0) is 29.7 Å². The van der Waals surface area contributed by atoms with E-state index in [0.717, 1.165) is 12.0 Å². The van der Waals surface area contributed by atoms with Crippen molar-refractivity contribution < 1.29 is 4.79 Å². The lowest BCUT2D eigenvalue weighted by atomic mass is 10.1. The van der Waals surface area contributed by atoms with E-state index in [1.807, 2.05) is 30.3 Å². The minimum absolute atomic E-state index is 0.110. The number of carbonyl (C=O) groups excluding carboxylic acids is 1. The number of amides is 1. The van der Waals surface area contributed by atoms with Crippen molar-refractivity contribution >= 4 is 29.1 Å². The molecule has 2 aromatic heterocycles. The van der Waals surface area contributed by atoms with E-state index in [0.29, 0.717) is 29.0 Å². The molecule has 6 heteroatoms. The van der Waals surface area contributed by atoms with Crippen molar-refractivity contribution in [2.75, 3.05) is 6.54 Å². The lowest BCUT2D eigenvalue weighted by molar-refractivity contribution is 0.0735. The Kier molecular flexibility index (Phi) is 5.96. The van der Waals surface area contributed by atoms with Gasteiger partial charge in [0, 0.05) is 32.5 Å². The summed E-state index contributed by atoms with van der Waals surface area (Å²) in [5.41, 5.74) is 2.62. The van der Waals surface area contributed by atoms with Crippen LogP contribution in [0.25, 0.3) is 0 Å². The van der Waals surface area contributed by atoms with Crippen molar-refractivity contribution in [1.29, 1.82) is 0 Å². The summed E-state index contributed by atoms with van der Waals surface area (Å²) in [5.74, 6) is -0.110. The van der Waals surface area contributed by atoms with Gasteiger partial charge in [0.1, 0.15) is 10.8 Å². The van der Waals surface area contributed by atoms with Gasteiger partial charge < -0.3 is 9.47 Å². The Labute approximate surface area is 163 Å². The third-order valence-electron chi connectivity index (χ3n) is 4.23. The van der Waals surface area contributed by atoms with E-state index in [2.05, 4.69) is 17.1 Å². The van der Waals surface area contributed by atoms with Gasteiger partial charge in [-0.15, -0.1) is 0 Å². The first kappa shape index (κ1) is 18.5. The molecular weight excluding hydrogens is 369 g/mol. The van der Waals surface area contributed by atoms with E-state index < -0.39 is 0 Å². The summed E-state index contributed by atoms with van der Waals surface area (Å²) in [6, 6.07) is 15.5. The minimum atomic E-state index is -0.110. The molecule has 2 heterocycles. The molecule has 0 fully saturated rings. The molecule has 0 N–H and O–H groups in total. The van der Waals surface area contributed by atoms with E-state index in [1.54, 1.807) is 35.0 Å². The molecule has 0 spiro atoms. The van der Waals surface area contributed by atoms with Crippen LogP contribution in [0.5, 0.6) is 0 Å². The highest BCUT2D eigenvalue weighted by Gasteiger charge is 2.22. The summed E-state index contributed by atoms with van der Waals surface area (Å²) in [6.45, 7) is 1.05. The van der Waals surface area contributed by atoms with Crippen LogP contribution in [0.1, 0.15) is 21.6 Å². The normalized spacial score (nSPS) is 10.7. The third-order valence-corrected chi connectivity index (χ3v) is 5.07. The van der Waals surface area contributed by atoms with Crippen molar-refractivity contribution in [1.82, 2.24) is 14.5 Å². The van der Waals surface area contributed by atoms with Crippen LogP contribution in [-0.2, 0) is 20.0 Å². The largest absolute Gasteiger partial charge is 0.333 e. The van der Waals surface area contributed by atoms with Crippen LogP contribution in [0.4, 0.5) is 0 Å². The summed E-state index contributed by atoms with van der Waals surface area (Å²) in [7, 11) is 1.74. The quantitative estimate of drug-likeness (QED) is 0.619. The van der Waals surface area contributed by atoms with Crippen LogP contribution in [-0.4, -0.2) is 26.9 Å². The van der Waals surface area contributed by atoms with E-state index in [-0.39, 0.29) is 5.91 Å². The van der Waals surface area contributed by atoms with E-state index in [1.165, 1.54) is 5.56 Å². The summed E-state index contributed by atoms with van der Waals surface area (Å²) in [5, 5.41) is 0.737. The Morgan fingerprint density at radius 2 is 1.85 bits per heavy atom. The van der Waals surface area contributed by atoms with Gasteiger partial charge in [0.05, 0.1) is 5.02 Å². The van der Waals surface area contributed by atoms with Gasteiger partial charge in [-0.25, -0.2) is 0 Å². The van der Waals surface area contributed by atoms with Crippen molar-refractivity contribution in [2.45, 2.75) is 13.0 Å². The van der Waals surface area contributed by atoms with Crippen LogP contribution in [0.2, 0.25) is 10.2 Å². The number of hydrogen-bond donors (Lipinski definition) is 0. The number of hydrogen-bond acceptors (Lipinski definition) is 2. The lowest BCUT2D eigenvalue weighted by Gasteiger charge is -2.23. The molecule has 0 saturated carbocycles. The summed E-state index contributed by atoms with van der Waals surface area (Å²) < 4.78 is 1.62. The summed E-state index contributed by atoms with van der Waals surface area (Å²) in [4.78, 5) is 19.1. The summed E-state index contributed by atoms with van der Waals surface area (Å²) >= 11 is 12.2. The van der Waals surface area contributed by atoms with Crippen LogP contribution in [0, 0.1) is 0 Å². The lowest BCUT2D eigenvalue weighted by Crippen LogP contribution is -2.33. The maximum Gasteiger partial charge on any atom is 0.270 e. The van der Waals surface area contributed by atoms with Gasteiger partial charge in [-0.1, -0.05) is 59.6 Å². The van der Waals surface area contributed by atoms with Crippen molar-refractivity contribution in [3.8, 4) is 0 Å². The monoisotopic (exact) mass is 387 g/mol. The Morgan fingerprint density at radius 3 is 2.46 bits per heavy atom. The molecule has 3 aromatic rings. The fourth-order valence-electron chi connectivity index (χ4n) is 2.78. The number of rotatable bonds is 6. The van der Waals surface area contributed by atoms with Crippen LogP contribution in [0.15, 0.2) is 60.9 Å². The molecule has 0 aliphatic rings. The molecule has 3 rings (SSSR count). The third kappa shape index (κ3) is 4.26. The van der Waals surface area contributed by atoms with Gasteiger partial charge in [0.15, 0.2) is 0 Å². The van der Waals surface area contributed by atoms with Crippen LogP contribution >= 0.6 is 23.2 Å². The molecule has 26 heavy (non-hydrogen) atoms. The number of halogens is 2. The van der Waals surface area contributed by atoms with Gasteiger partial charge in [-0.2, -0.15) is 0 Å². The molecule has 0 saturated heterocycles. The van der Waals surface area contributed by atoms with Crippen LogP contribution in [0.3, 0.4) is 0 Å². The Hall–Kier alpha value is -2.30. The van der Waals surface area contributed by atoms with Crippen molar-refractivity contribution in [2.24, 2.45) is 7.05 Å². The molecule has 0 radical (unpaired) electrons. The Bertz CT molecular complexity index is 879. The predicted octanol–water partition coefficient (Wildman–Crippen LogP) is 4.61. The molecule has 0 bridgehead atoms. The molecule has 134 valence electrons. The fraction of sp³-hybridized carbons (Fsp3) is 0.200. The maximum absolute atomic E-state index is 13.1. The molecular formula is C20H19Cl2N3O. The zero-order valence-electron chi connectivity index (χ0n) is 14.4. The smallest absolute Gasteiger partial charge is 0.270 e. The highest BCUT2D eigenvalue weighted by atomic mass is 35.5. The number of nitrogens with zero attached hydrogens (tertiary/aromatic N) is 3. The molecule has 0 aliphatic carbocycles. The maximum atomic E-state index is 13.1. The zero-order chi connectivity index (χ0) is 18.5. The molecule has 0 unspecified atom stereocenters. The van der Waals surface area contributed by atoms with E-state index >= 15 is 0 Å². The first-order chi connectivity index (χ1) is 12.6. The molecule has 4 nitrogen and oxygen atoms in total. The molecule has 1 aromatic carbocycles. The minimum Gasteiger partial charge on any atom is -0.333 e. The molecule has 0 atom stereocenters. The van der Waals surface area contributed by atoms with E-state index in [9.17, 15) is 4.79 Å². The topological polar surface area (TPSA) is 38.1 Å². The number of benzene rings is 1. The number of aromatic nitrogens is 2. The first-order valence-electron chi connectivity index (χ1n) is 8.29. The Balaban J connectivity index is 1.83. The predicted molar refractivity (Wildman–Crippen MR) is 105 cm³/mol. The van der Waals surface area contributed by atoms with Gasteiger partial charge >= 0.3 is 0 Å². The highest BCUT2D eigenvalue weighted by Crippen LogP contribution is 2.26. The van der Waals surface area contributed by atoms with Gasteiger partial charge in [-0.3, -0.25) is 9.78 Å². The van der Waals surface area contributed by atoms with Gasteiger partial charge in [0.2, 0.25) is 0 Å². The van der Waals surface area contributed by atoms with E-state index in [4.69, 9.17) is 23.2 Å². The van der Waals surface area contributed by atoms with Crippen molar-refractivity contribution in [3.63, 3.8) is 0 Å². The number of pyridine rings is 1. The fourth-order valence-corrected chi connectivity index (χ4v) is 3.16. The second-order valence-corrected chi connectivity index (χ2v) is 6.82. The molecule has 1 amide bonds. The van der Waals surface area contributed by atoms with Crippen LogP contribution < -0.4 is 0 Å². The van der Waals surface area contributed by atoms with Crippen molar-refractivity contribution in [3.05, 3.63) is 87.9 Å². The van der Waals surface area contributed by atoms with Gasteiger partial charge in [0.25, 0.3) is 5.91 Å². The highest BCUT2D eigenvalue weighted by molar-refractivity contribution is 6.41. The average Bonchev–Trinajstić information content (AvgIpc) is 2.93. The molecule has 0 aliphatic heterocycles.